The van der Waals surface area contributed by atoms with Gasteiger partial charge in [0.15, 0.2) is 0 Å². The molecule has 0 heterocycles. The second kappa shape index (κ2) is 9.71. The van der Waals surface area contributed by atoms with Crippen LogP contribution in [-0.4, -0.2) is 32.4 Å². The Balaban J connectivity index is 2.43. The SMILES string of the molecule is COC(=O)CCCCC(C=O)Cc1ccc(C(=O)OC)cc1. The van der Waals surface area contributed by atoms with Gasteiger partial charge in [0.25, 0.3) is 0 Å². The van der Waals surface area contributed by atoms with Gasteiger partial charge in [-0.05, 0) is 37.0 Å². The highest BCUT2D eigenvalue weighted by molar-refractivity contribution is 5.89. The zero-order valence-electron chi connectivity index (χ0n) is 13.0. The monoisotopic (exact) mass is 306 g/mol. The van der Waals surface area contributed by atoms with E-state index < -0.39 is 0 Å². The minimum atomic E-state index is -0.374. The number of unbranched alkanes of at least 4 members (excludes halogenated alkanes) is 1. The van der Waals surface area contributed by atoms with Gasteiger partial charge in [0, 0.05) is 12.3 Å². The topological polar surface area (TPSA) is 69.7 Å². The first kappa shape index (κ1) is 17.9. The number of hydrogen-bond acceptors (Lipinski definition) is 5. The molecule has 1 aromatic carbocycles. The molecule has 0 bridgehead atoms. The Kier molecular flexibility index (Phi) is 7.89. The molecule has 0 aliphatic carbocycles. The fraction of sp³-hybridized carbons (Fsp3) is 0.471. The van der Waals surface area contributed by atoms with E-state index in [9.17, 15) is 14.4 Å². The number of methoxy groups -OCH3 is 2. The van der Waals surface area contributed by atoms with E-state index in [4.69, 9.17) is 0 Å². The first-order valence-electron chi connectivity index (χ1n) is 7.30. The molecule has 0 radical (unpaired) electrons. The lowest BCUT2D eigenvalue weighted by Crippen LogP contribution is -2.08. The van der Waals surface area contributed by atoms with E-state index in [0.29, 0.717) is 18.4 Å². The first-order chi connectivity index (χ1) is 10.6. The lowest BCUT2D eigenvalue weighted by atomic mass is 9.94. The molecule has 5 nitrogen and oxygen atoms in total. The van der Waals surface area contributed by atoms with Crippen molar-refractivity contribution in [2.75, 3.05) is 14.2 Å². The molecular weight excluding hydrogens is 284 g/mol. The lowest BCUT2D eigenvalue weighted by molar-refractivity contribution is -0.140. The number of aldehydes is 1. The third kappa shape index (κ3) is 6.08. The molecule has 0 aromatic heterocycles. The van der Waals surface area contributed by atoms with Crippen molar-refractivity contribution in [3.05, 3.63) is 35.4 Å². The standard InChI is InChI=1S/C17H22O5/c1-21-16(19)6-4-3-5-14(12-18)11-13-7-9-15(10-8-13)17(20)22-2/h7-10,12,14H,3-6,11H2,1-2H3. The van der Waals surface area contributed by atoms with Crippen LogP contribution in [0.25, 0.3) is 0 Å². The quantitative estimate of drug-likeness (QED) is 0.398. The largest absolute Gasteiger partial charge is 0.469 e. The second-order valence-corrected chi connectivity index (χ2v) is 5.11. The molecule has 0 spiro atoms. The molecular formula is C17H22O5. The summed E-state index contributed by atoms with van der Waals surface area (Å²) >= 11 is 0. The Hall–Kier alpha value is -2.17. The predicted molar refractivity (Wildman–Crippen MR) is 81.5 cm³/mol. The summed E-state index contributed by atoms with van der Waals surface area (Å²) < 4.78 is 9.21. The van der Waals surface area contributed by atoms with Gasteiger partial charge in [-0.1, -0.05) is 18.6 Å². The highest BCUT2D eigenvalue weighted by Gasteiger charge is 2.10. The minimum Gasteiger partial charge on any atom is -0.469 e. The van der Waals surface area contributed by atoms with Gasteiger partial charge in [0.05, 0.1) is 19.8 Å². The molecule has 0 aliphatic rings. The smallest absolute Gasteiger partial charge is 0.337 e. The molecule has 0 N–H and O–H groups in total. The lowest BCUT2D eigenvalue weighted by Gasteiger charge is -2.10. The molecule has 5 heteroatoms. The van der Waals surface area contributed by atoms with Gasteiger partial charge in [-0.3, -0.25) is 4.79 Å². The van der Waals surface area contributed by atoms with Crippen LogP contribution in [0.4, 0.5) is 0 Å². The average Bonchev–Trinajstić information content (AvgIpc) is 2.57. The van der Waals surface area contributed by atoms with Gasteiger partial charge in [-0.2, -0.15) is 0 Å². The summed E-state index contributed by atoms with van der Waals surface area (Å²) in [5.74, 6) is -0.677. The predicted octanol–water partition coefficient (Wildman–Crippen LogP) is 2.56. The molecule has 0 saturated heterocycles. The molecule has 22 heavy (non-hydrogen) atoms. The Morgan fingerprint density at radius 2 is 1.77 bits per heavy atom. The van der Waals surface area contributed by atoms with Crippen molar-refractivity contribution in [1.82, 2.24) is 0 Å². The number of esters is 2. The van der Waals surface area contributed by atoms with E-state index in [1.54, 1.807) is 12.1 Å². The van der Waals surface area contributed by atoms with Crippen molar-refractivity contribution in [2.24, 2.45) is 5.92 Å². The minimum absolute atomic E-state index is 0.0818. The molecule has 120 valence electrons. The van der Waals surface area contributed by atoms with Crippen molar-refractivity contribution >= 4 is 18.2 Å². The van der Waals surface area contributed by atoms with Gasteiger partial charge in [0.1, 0.15) is 6.29 Å². The second-order valence-electron chi connectivity index (χ2n) is 5.11. The van der Waals surface area contributed by atoms with Gasteiger partial charge < -0.3 is 14.3 Å². The van der Waals surface area contributed by atoms with Crippen LogP contribution >= 0.6 is 0 Å². The van der Waals surface area contributed by atoms with Crippen molar-refractivity contribution in [2.45, 2.75) is 32.1 Å². The molecule has 1 atom stereocenters. The van der Waals surface area contributed by atoms with Gasteiger partial charge in [-0.25, -0.2) is 4.79 Å². The Labute approximate surface area is 130 Å². The zero-order valence-corrected chi connectivity index (χ0v) is 13.0. The van der Waals surface area contributed by atoms with Gasteiger partial charge >= 0.3 is 11.9 Å². The number of rotatable bonds is 9. The summed E-state index contributed by atoms with van der Waals surface area (Å²) in [5, 5.41) is 0. The summed E-state index contributed by atoms with van der Waals surface area (Å²) in [5.41, 5.74) is 1.49. The normalized spacial score (nSPS) is 11.5. The van der Waals surface area contributed by atoms with E-state index in [2.05, 4.69) is 9.47 Å². The fourth-order valence-corrected chi connectivity index (χ4v) is 2.19. The zero-order chi connectivity index (χ0) is 16.4. The van der Waals surface area contributed by atoms with Gasteiger partial charge in [-0.15, -0.1) is 0 Å². The van der Waals surface area contributed by atoms with E-state index in [-0.39, 0.29) is 17.9 Å². The third-order valence-corrected chi connectivity index (χ3v) is 3.50. The van der Waals surface area contributed by atoms with Crippen molar-refractivity contribution in [1.29, 1.82) is 0 Å². The van der Waals surface area contributed by atoms with Gasteiger partial charge in [0.2, 0.25) is 0 Å². The van der Waals surface area contributed by atoms with Crippen LogP contribution < -0.4 is 0 Å². The molecule has 0 aliphatic heterocycles. The number of carbonyl (C=O) groups is 3. The maximum absolute atomic E-state index is 11.3. The third-order valence-electron chi connectivity index (χ3n) is 3.50. The summed E-state index contributed by atoms with van der Waals surface area (Å²) in [7, 11) is 2.71. The van der Waals surface area contributed by atoms with Crippen LogP contribution in [0.15, 0.2) is 24.3 Å². The fourth-order valence-electron chi connectivity index (χ4n) is 2.19. The maximum Gasteiger partial charge on any atom is 0.337 e. The highest BCUT2D eigenvalue weighted by Crippen LogP contribution is 2.15. The molecule has 0 amide bonds. The van der Waals surface area contributed by atoms with Crippen LogP contribution in [0.1, 0.15) is 41.6 Å². The Morgan fingerprint density at radius 3 is 2.32 bits per heavy atom. The van der Waals surface area contributed by atoms with Crippen LogP contribution in [0.5, 0.6) is 0 Å². The summed E-state index contributed by atoms with van der Waals surface area (Å²) in [6.07, 6.45) is 4.22. The summed E-state index contributed by atoms with van der Waals surface area (Å²) in [6.45, 7) is 0. The van der Waals surface area contributed by atoms with Crippen molar-refractivity contribution in [3.8, 4) is 0 Å². The van der Waals surface area contributed by atoms with Crippen LogP contribution in [0.3, 0.4) is 0 Å². The number of carbonyl (C=O) groups excluding carboxylic acids is 3. The Bertz CT molecular complexity index is 492. The first-order valence-corrected chi connectivity index (χ1v) is 7.30. The van der Waals surface area contributed by atoms with Crippen LogP contribution in [0.2, 0.25) is 0 Å². The molecule has 1 aromatic rings. The van der Waals surface area contributed by atoms with E-state index in [0.717, 1.165) is 31.1 Å². The van der Waals surface area contributed by atoms with E-state index in [1.807, 2.05) is 12.1 Å². The highest BCUT2D eigenvalue weighted by atomic mass is 16.5. The van der Waals surface area contributed by atoms with E-state index >= 15 is 0 Å². The number of ether oxygens (including phenoxy) is 2. The number of benzene rings is 1. The van der Waals surface area contributed by atoms with Crippen LogP contribution in [0, 0.1) is 5.92 Å². The average molecular weight is 306 g/mol. The summed E-state index contributed by atoms with van der Waals surface area (Å²) in [6, 6.07) is 7.05. The van der Waals surface area contributed by atoms with Crippen molar-refractivity contribution in [3.63, 3.8) is 0 Å². The number of hydrogen-bond donors (Lipinski definition) is 0. The molecule has 1 rings (SSSR count). The molecule has 1 unspecified atom stereocenters. The Morgan fingerprint density at radius 1 is 1.09 bits per heavy atom. The van der Waals surface area contributed by atoms with Crippen LogP contribution in [-0.2, 0) is 25.5 Å². The van der Waals surface area contributed by atoms with E-state index in [1.165, 1.54) is 14.2 Å². The van der Waals surface area contributed by atoms with Crippen molar-refractivity contribution < 1.29 is 23.9 Å². The summed E-state index contributed by atoms with van der Waals surface area (Å²) in [4.78, 5) is 33.5. The maximum atomic E-state index is 11.3. The molecule has 0 saturated carbocycles. The molecule has 0 fully saturated rings.